The third kappa shape index (κ3) is 4.39. The lowest BCUT2D eigenvalue weighted by Crippen LogP contribution is -2.20. The van der Waals surface area contributed by atoms with Crippen molar-refractivity contribution in [1.82, 2.24) is 9.55 Å². The Morgan fingerprint density at radius 3 is 2.47 bits per heavy atom. The quantitative estimate of drug-likeness (QED) is 0.460. The van der Waals surface area contributed by atoms with Crippen molar-refractivity contribution in [2.45, 2.75) is 13.2 Å². The molecule has 0 saturated heterocycles. The summed E-state index contributed by atoms with van der Waals surface area (Å²) in [5.41, 5.74) is 2.35. The van der Waals surface area contributed by atoms with E-state index in [1.807, 2.05) is 53.1 Å². The standard InChI is InChI=1S/C23H20ClN3O3/c1-29-20-8-4-5-9-21(20)30-15-22-26-18-6-2-3-7-19(18)27(22)14-23(28)25-17-12-10-16(24)11-13-17/h2-13H,14-15H2,1H3,(H,25,28). The van der Waals surface area contributed by atoms with Crippen molar-refractivity contribution in [3.8, 4) is 11.5 Å². The van der Waals surface area contributed by atoms with Gasteiger partial charge in [0, 0.05) is 10.7 Å². The second-order valence-electron chi connectivity index (χ2n) is 6.60. The maximum atomic E-state index is 12.7. The number of imidazole rings is 1. The number of halogens is 1. The lowest BCUT2D eigenvalue weighted by atomic mass is 10.3. The number of nitrogens with one attached hydrogen (secondary N) is 1. The Balaban J connectivity index is 1.57. The van der Waals surface area contributed by atoms with Crippen molar-refractivity contribution in [3.63, 3.8) is 0 Å². The zero-order valence-electron chi connectivity index (χ0n) is 16.3. The molecular weight excluding hydrogens is 402 g/mol. The summed E-state index contributed by atoms with van der Waals surface area (Å²) in [5.74, 6) is 1.73. The number of amides is 1. The van der Waals surface area contributed by atoms with E-state index >= 15 is 0 Å². The first-order chi connectivity index (χ1) is 14.6. The average Bonchev–Trinajstić information content (AvgIpc) is 3.11. The van der Waals surface area contributed by atoms with Crippen LogP contribution in [0.4, 0.5) is 5.69 Å². The van der Waals surface area contributed by atoms with E-state index in [0.717, 1.165) is 11.0 Å². The third-order valence-corrected chi connectivity index (χ3v) is 4.84. The van der Waals surface area contributed by atoms with Gasteiger partial charge in [0.15, 0.2) is 11.5 Å². The van der Waals surface area contributed by atoms with Gasteiger partial charge in [0.1, 0.15) is 19.0 Å². The van der Waals surface area contributed by atoms with E-state index in [2.05, 4.69) is 10.3 Å². The number of hydrogen-bond donors (Lipinski definition) is 1. The SMILES string of the molecule is COc1ccccc1OCc1nc2ccccc2n1CC(=O)Nc1ccc(Cl)cc1. The van der Waals surface area contributed by atoms with Gasteiger partial charge < -0.3 is 19.4 Å². The molecular formula is C23H20ClN3O3. The molecule has 1 N–H and O–H groups in total. The largest absolute Gasteiger partial charge is 0.493 e. The summed E-state index contributed by atoms with van der Waals surface area (Å²) >= 11 is 5.91. The summed E-state index contributed by atoms with van der Waals surface area (Å²) in [6, 6.07) is 22.1. The number of carbonyl (C=O) groups excluding carboxylic acids is 1. The molecule has 152 valence electrons. The average molecular weight is 422 g/mol. The van der Waals surface area contributed by atoms with E-state index in [9.17, 15) is 4.79 Å². The number of methoxy groups -OCH3 is 1. The van der Waals surface area contributed by atoms with Gasteiger partial charge in [-0.3, -0.25) is 4.79 Å². The van der Waals surface area contributed by atoms with Crippen LogP contribution in [0, 0.1) is 0 Å². The number of para-hydroxylation sites is 4. The molecule has 0 aliphatic heterocycles. The normalized spacial score (nSPS) is 10.7. The van der Waals surface area contributed by atoms with Gasteiger partial charge >= 0.3 is 0 Å². The Bertz CT molecular complexity index is 1170. The third-order valence-electron chi connectivity index (χ3n) is 4.59. The Morgan fingerprint density at radius 1 is 1.00 bits per heavy atom. The van der Waals surface area contributed by atoms with E-state index in [4.69, 9.17) is 21.1 Å². The molecule has 0 atom stereocenters. The fourth-order valence-corrected chi connectivity index (χ4v) is 3.30. The van der Waals surface area contributed by atoms with Gasteiger partial charge in [-0.05, 0) is 48.5 Å². The van der Waals surface area contributed by atoms with Gasteiger partial charge in [-0.25, -0.2) is 4.98 Å². The number of carbonyl (C=O) groups is 1. The van der Waals surface area contributed by atoms with E-state index in [0.29, 0.717) is 28.0 Å². The first-order valence-corrected chi connectivity index (χ1v) is 9.77. The van der Waals surface area contributed by atoms with E-state index in [-0.39, 0.29) is 19.1 Å². The number of aromatic nitrogens is 2. The van der Waals surface area contributed by atoms with Crippen LogP contribution < -0.4 is 14.8 Å². The summed E-state index contributed by atoms with van der Waals surface area (Å²) < 4.78 is 13.1. The zero-order chi connectivity index (χ0) is 20.9. The monoisotopic (exact) mass is 421 g/mol. The highest BCUT2D eigenvalue weighted by Gasteiger charge is 2.15. The number of benzene rings is 3. The highest BCUT2D eigenvalue weighted by atomic mass is 35.5. The fourth-order valence-electron chi connectivity index (χ4n) is 3.17. The summed E-state index contributed by atoms with van der Waals surface area (Å²) in [4.78, 5) is 17.3. The molecule has 0 spiro atoms. The zero-order valence-corrected chi connectivity index (χ0v) is 17.1. The van der Waals surface area contributed by atoms with Gasteiger partial charge in [0.2, 0.25) is 5.91 Å². The Hall–Kier alpha value is -3.51. The topological polar surface area (TPSA) is 65.4 Å². The molecule has 1 heterocycles. The number of ether oxygens (including phenoxy) is 2. The molecule has 0 bridgehead atoms. The minimum Gasteiger partial charge on any atom is -0.493 e. The van der Waals surface area contributed by atoms with Gasteiger partial charge in [-0.2, -0.15) is 0 Å². The number of nitrogens with zero attached hydrogens (tertiary/aromatic N) is 2. The first-order valence-electron chi connectivity index (χ1n) is 9.39. The molecule has 0 radical (unpaired) electrons. The van der Waals surface area contributed by atoms with Crippen LogP contribution >= 0.6 is 11.6 Å². The minimum absolute atomic E-state index is 0.105. The lowest BCUT2D eigenvalue weighted by Gasteiger charge is -2.12. The summed E-state index contributed by atoms with van der Waals surface area (Å²) in [6.45, 7) is 0.303. The number of anilines is 1. The second-order valence-corrected chi connectivity index (χ2v) is 7.03. The van der Waals surface area contributed by atoms with Crippen molar-refractivity contribution >= 4 is 34.2 Å². The van der Waals surface area contributed by atoms with Crippen LogP contribution in [-0.4, -0.2) is 22.6 Å². The summed E-state index contributed by atoms with van der Waals surface area (Å²) in [7, 11) is 1.60. The maximum absolute atomic E-state index is 12.7. The van der Waals surface area contributed by atoms with Crippen LogP contribution in [0.2, 0.25) is 5.02 Å². The lowest BCUT2D eigenvalue weighted by molar-refractivity contribution is -0.116. The molecule has 7 heteroatoms. The summed E-state index contributed by atoms with van der Waals surface area (Å²) in [5, 5.41) is 3.50. The molecule has 4 rings (SSSR count). The Morgan fingerprint density at radius 2 is 1.70 bits per heavy atom. The van der Waals surface area contributed by atoms with Crippen LogP contribution in [0.15, 0.2) is 72.8 Å². The van der Waals surface area contributed by atoms with Crippen molar-refractivity contribution in [1.29, 1.82) is 0 Å². The highest BCUT2D eigenvalue weighted by molar-refractivity contribution is 6.30. The Kier molecular flexibility index (Phi) is 5.86. The van der Waals surface area contributed by atoms with Crippen molar-refractivity contribution in [2.24, 2.45) is 0 Å². The molecule has 6 nitrogen and oxygen atoms in total. The Labute approximate surface area is 179 Å². The molecule has 0 aliphatic carbocycles. The van der Waals surface area contributed by atoms with Crippen molar-refractivity contribution in [3.05, 3.63) is 83.6 Å². The summed E-state index contributed by atoms with van der Waals surface area (Å²) in [6.07, 6.45) is 0. The number of hydrogen-bond acceptors (Lipinski definition) is 4. The number of rotatable bonds is 7. The maximum Gasteiger partial charge on any atom is 0.244 e. The van der Waals surface area contributed by atoms with Crippen LogP contribution in [0.3, 0.4) is 0 Å². The van der Waals surface area contributed by atoms with Crippen LogP contribution in [0.5, 0.6) is 11.5 Å². The van der Waals surface area contributed by atoms with E-state index < -0.39 is 0 Å². The van der Waals surface area contributed by atoms with Gasteiger partial charge in [0.25, 0.3) is 0 Å². The van der Waals surface area contributed by atoms with Crippen molar-refractivity contribution in [2.75, 3.05) is 12.4 Å². The van der Waals surface area contributed by atoms with E-state index in [1.165, 1.54) is 0 Å². The molecule has 0 unspecified atom stereocenters. The molecule has 4 aromatic rings. The first kappa shape index (κ1) is 19.8. The predicted octanol–water partition coefficient (Wildman–Crippen LogP) is 4.92. The van der Waals surface area contributed by atoms with Crippen LogP contribution in [0.25, 0.3) is 11.0 Å². The molecule has 30 heavy (non-hydrogen) atoms. The van der Waals surface area contributed by atoms with Gasteiger partial charge in [-0.15, -0.1) is 0 Å². The molecule has 0 fully saturated rings. The molecule has 0 saturated carbocycles. The molecule has 0 aliphatic rings. The smallest absolute Gasteiger partial charge is 0.244 e. The number of fused-ring (bicyclic) bond motifs is 1. The minimum atomic E-state index is -0.168. The second kappa shape index (κ2) is 8.88. The fraction of sp³-hybridized carbons (Fsp3) is 0.130. The van der Waals surface area contributed by atoms with Crippen molar-refractivity contribution < 1.29 is 14.3 Å². The molecule has 3 aromatic carbocycles. The van der Waals surface area contributed by atoms with E-state index in [1.54, 1.807) is 31.4 Å². The predicted molar refractivity (Wildman–Crippen MR) is 117 cm³/mol. The van der Waals surface area contributed by atoms with Crippen LogP contribution in [-0.2, 0) is 17.9 Å². The van der Waals surface area contributed by atoms with Gasteiger partial charge in [0.05, 0.1) is 18.1 Å². The molecule has 1 amide bonds. The van der Waals surface area contributed by atoms with Crippen LogP contribution in [0.1, 0.15) is 5.82 Å². The molecule has 1 aromatic heterocycles. The highest BCUT2D eigenvalue weighted by Crippen LogP contribution is 2.27. The van der Waals surface area contributed by atoms with Gasteiger partial charge in [-0.1, -0.05) is 35.9 Å².